The number of hydrogen-bond acceptors (Lipinski definition) is 6. The van der Waals surface area contributed by atoms with Crippen molar-refractivity contribution in [2.24, 2.45) is 5.73 Å². The summed E-state index contributed by atoms with van der Waals surface area (Å²) in [7, 11) is -2.95. The fourth-order valence-corrected chi connectivity index (χ4v) is 4.43. The number of anilines is 1. The van der Waals surface area contributed by atoms with Crippen LogP contribution < -0.4 is 21.1 Å². The Bertz CT molecular complexity index is 1520. The average Bonchev–Trinajstić information content (AvgIpc) is 3.38. The van der Waals surface area contributed by atoms with Crippen LogP contribution in [-0.4, -0.2) is 48.0 Å². The predicted molar refractivity (Wildman–Crippen MR) is 133 cm³/mol. The largest absolute Gasteiger partial charge is 0.494 e. The Balaban J connectivity index is 1.83. The molecule has 36 heavy (non-hydrogen) atoms. The van der Waals surface area contributed by atoms with E-state index >= 15 is 0 Å². The number of nitrogens with zero attached hydrogens (tertiary/aromatic N) is 4. The molecule has 0 unspecified atom stereocenters. The lowest BCUT2D eigenvalue weighted by Crippen LogP contribution is -2.20. The number of carbonyl (C=O) groups is 2. The van der Waals surface area contributed by atoms with Crippen molar-refractivity contribution in [1.82, 2.24) is 19.3 Å². The quantitative estimate of drug-likeness (QED) is 0.258. The summed E-state index contributed by atoms with van der Waals surface area (Å²) in [5.74, 6) is -0.600. The van der Waals surface area contributed by atoms with E-state index in [2.05, 4.69) is 15.4 Å². The third kappa shape index (κ3) is 4.87. The van der Waals surface area contributed by atoms with Crippen molar-refractivity contribution in [2.75, 3.05) is 12.4 Å². The Hall–Kier alpha value is -3.99. The van der Waals surface area contributed by atoms with Crippen molar-refractivity contribution in [2.45, 2.75) is 26.9 Å². The molecule has 0 aliphatic rings. The molecule has 0 spiro atoms. The fourth-order valence-electron chi connectivity index (χ4n) is 3.89. The highest BCUT2D eigenvalue weighted by atomic mass is 31.2. The second-order valence-corrected chi connectivity index (χ2v) is 9.69. The summed E-state index contributed by atoms with van der Waals surface area (Å²) in [6.45, 7) is 4.33. The zero-order valence-electron chi connectivity index (χ0n) is 19.8. The first-order valence-corrected chi connectivity index (χ1v) is 12.5. The Kier molecular flexibility index (Phi) is 6.68. The molecular weight excluding hydrogens is 487 g/mol. The average molecular weight is 512 g/mol. The van der Waals surface area contributed by atoms with Gasteiger partial charge >= 0.3 is 7.60 Å². The molecule has 4 rings (SSSR count). The molecule has 2 aromatic carbocycles. The number of primary amides is 1. The van der Waals surface area contributed by atoms with Crippen LogP contribution in [0.1, 0.15) is 39.0 Å². The molecule has 2 aromatic heterocycles. The molecule has 5 N–H and O–H groups in total. The number of nitrogens with two attached hydrogens (primary N) is 1. The van der Waals surface area contributed by atoms with E-state index in [1.807, 2.05) is 6.92 Å². The van der Waals surface area contributed by atoms with Gasteiger partial charge in [-0.1, -0.05) is 12.1 Å². The lowest BCUT2D eigenvalue weighted by atomic mass is 10.1. The van der Waals surface area contributed by atoms with E-state index < -0.39 is 19.4 Å². The van der Waals surface area contributed by atoms with E-state index in [4.69, 9.17) is 10.5 Å². The molecule has 0 saturated heterocycles. The van der Waals surface area contributed by atoms with Gasteiger partial charge in [-0.25, -0.2) is 4.98 Å². The van der Waals surface area contributed by atoms with Gasteiger partial charge in [0.05, 0.1) is 30.2 Å². The summed E-state index contributed by atoms with van der Waals surface area (Å²) in [6.07, 6.45) is 0. The SMILES string of the molecule is CCn1nc(C)cc1C(=O)Nc1nc2cc(C(N)=O)cc(OC)c2n1Cc1ccc(P(=O)(O)O)cc1. The summed E-state index contributed by atoms with van der Waals surface area (Å²) in [4.78, 5) is 48.3. The summed E-state index contributed by atoms with van der Waals surface area (Å²) in [5, 5.41) is 7.01. The number of benzene rings is 2. The zero-order chi connectivity index (χ0) is 26.2. The molecule has 13 heteroatoms. The van der Waals surface area contributed by atoms with Crippen LogP contribution in [0.2, 0.25) is 0 Å². The highest BCUT2D eigenvalue weighted by Crippen LogP contribution is 2.34. The second kappa shape index (κ2) is 9.57. The number of hydrogen-bond donors (Lipinski definition) is 4. The second-order valence-electron chi connectivity index (χ2n) is 8.08. The van der Waals surface area contributed by atoms with Gasteiger partial charge in [0.15, 0.2) is 0 Å². The molecular formula is C23H25N6O6P. The van der Waals surface area contributed by atoms with E-state index in [-0.39, 0.29) is 23.4 Å². The number of amides is 2. The highest BCUT2D eigenvalue weighted by Gasteiger charge is 2.22. The van der Waals surface area contributed by atoms with Gasteiger partial charge in [0, 0.05) is 12.1 Å². The Labute approximate surface area is 205 Å². The van der Waals surface area contributed by atoms with E-state index in [1.165, 1.54) is 31.4 Å². The van der Waals surface area contributed by atoms with Gasteiger partial charge in [0.1, 0.15) is 17.0 Å². The molecule has 0 atom stereocenters. The van der Waals surface area contributed by atoms with Crippen molar-refractivity contribution in [3.8, 4) is 5.75 Å². The molecule has 0 saturated carbocycles. The van der Waals surface area contributed by atoms with Crippen molar-refractivity contribution in [3.05, 3.63) is 65.0 Å². The van der Waals surface area contributed by atoms with Crippen molar-refractivity contribution in [3.63, 3.8) is 0 Å². The van der Waals surface area contributed by atoms with Crippen molar-refractivity contribution in [1.29, 1.82) is 0 Å². The number of aromatic nitrogens is 4. The van der Waals surface area contributed by atoms with E-state index in [1.54, 1.807) is 34.4 Å². The third-order valence-corrected chi connectivity index (χ3v) is 6.56. The van der Waals surface area contributed by atoms with Gasteiger partial charge < -0.3 is 24.8 Å². The van der Waals surface area contributed by atoms with Gasteiger partial charge in [-0.15, -0.1) is 0 Å². The van der Waals surface area contributed by atoms with Crippen LogP contribution in [0.15, 0.2) is 42.5 Å². The first-order valence-electron chi connectivity index (χ1n) is 10.9. The van der Waals surface area contributed by atoms with Gasteiger partial charge in [-0.3, -0.25) is 24.2 Å². The number of carbonyl (C=O) groups excluding carboxylic acids is 2. The number of nitrogens with one attached hydrogen (secondary N) is 1. The first-order chi connectivity index (χ1) is 17.0. The maximum Gasteiger partial charge on any atom is 0.356 e. The Morgan fingerprint density at radius 1 is 1.17 bits per heavy atom. The molecule has 2 heterocycles. The number of rotatable bonds is 8. The number of fused-ring (bicyclic) bond motifs is 1. The lowest BCUT2D eigenvalue weighted by Gasteiger charge is -2.13. The Morgan fingerprint density at radius 2 is 1.86 bits per heavy atom. The minimum absolute atomic E-state index is 0.109. The van der Waals surface area contributed by atoms with Crippen LogP contribution in [0, 0.1) is 6.92 Å². The van der Waals surface area contributed by atoms with E-state index in [9.17, 15) is 23.9 Å². The molecule has 188 valence electrons. The third-order valence-electron chi connectivity index (χ3n) is 5.58. The number of methoxy groups -OCH3 is 1. The van der Waals surface area contributed by atoms with Crippen LogP contribution in [0.4, 0.5) is 5.95 Å². The summed E-state index contributed by atoms with van der Waals surface area (Å²) >= 11 is 0. The minimum atomic E-state index is -4.39. The predicted octanol–water partition coefficient (Wildman–Crippen LogP) is 1.77. The standard InChI is InChI=1S/C23H25N6O6P/c1-4-29-18(9-13(2)27-29)22(31)26-23-25-17-10-15(21(24)30)11-19(35-3)20(17)28(23)12-14-5-7-16(8-6-14)36(32,33)34/h5-11H,4,12H2,1-3H3,(H2,24,30)(H,25,26,31)(H2,32,33,34). The topological polar surface area (TPSA) is 175 Å². The molecule has 0 aliphatic carbocycles. The van der Waals surface area contributed by atoms with E-state index in [0.29, 0.717) is 40.3 Å². The molecule has 0 bridgehead atoms. The smallest absolute Gasteiger partial charge is 0.356 e. The van der Waals surface area contributed by atoms with Gasteiger partial charge in [0.2, 0.25) is 11.9 Å². The molecule has 0 aliphatic heterocycles. The van der Waals surface area contributed by atoms with Crippen molar-refractivity contribution >= 4 is 41.7 Å². The minimum Gasteiger partial charge on any atom is -0.494 e. The van der Waals surface area contributed by atoms with E-state index in [0.717, 1.165) is 0 Å². The van der Waals surface area contributed by atoms with Gasteiger partial charge in [0.25, 0.3) is 5.91 Å². The van der Waals surface area contributed by atoms with Gasteiger partial charge in [-0.05, 0) is 49.7 Å². The molecule has 0 radical (unpaired) electrons. The Morgan fingerprint density at radius 3 is 2.44 bits per heavy atom. The zero-order valence-corrected chi connectivity index (χ0v) is 20.7. The number of aryl methyl sites for hydroxylation is 2. The number of ether oxygens (including phenoxy) is 1. The van der Waals surface area contributed by atoms with Crippen LogP contribution in [-0.2, 0) is 17.7 Å². The molecule has 0 fully saturated rings. The monoisotopic (exact) mass is 512 g/mol. The maximum absolute atomic E-state index is 13.2. The first kappa shape index (κ1) is 25.1. The molecule has 4 aromatic rings. The fraction of sp³-hybridized carbons (Fsp3) is 0.217. The van der Waals surface area contributed by atoms with Crippen LogP contribution in [0.25, 0.3) is 11.0 Å². The van der Waals surface area contributed by atoms with Gasteiger partial charge in [-0.2, -0.15) is 5.10 Å². The van der Waals surface area contributed by atoms with Crippen LogP contribution in [0.5, 0.6) is 5.75 Å². The highest BCUT2D eigenvalue weighted by molar-refractivity contribution is 7.60. The maximum atomic E-state index is 13.2. The number of imidazole rings is 1. The molecule has 12 nitrogen and oxygen atoms in total. The molecule has 2 amide bonds. The summed E-state index contributed by atoms with van der Waals surface area (Å²) in [6, 6.07) is 10.5. The summed E-state index contributed by atoms with van der Waals surface area (Å²) in [5.41, 5.74) is 8.23. The lowest BCUT2D eigenvalue weighted by molar-refractivity contribution is 0.0995. The summed E-state index contributed by atoms with van der Waals surface area (Å²) < 4.78 is 20.3. The van der Waals surface area contributed by atoms with Crippen LogP contribution >= 0.6 is 7.60 Å². The normalized spacial score (nSPS) is 11.6. The van der Waals surface area contributed by atoms with Crippen LogP contribution in [0.3, 0.4) is 0 Å². The van der Waals surface area contributed by atoms with Crippen molar-refractivity contribution < 1.29 is 28.7 Å².